The summed E-state index contributed by atoms with van der Waals surface area (Å²) in [6.45, 7) is 3.92. The van der Waals surface area contributed by atoms with Crippen LogP contribution in [-0.4, -0.2) is 20.7 Å². The highest BCUT2D eigenvalue weighted by molar-refractivity contribution is 9.10. The average Bonchev–Trinajstić information content (AvgIpc) is 3.41. The third kappa shape index (κ3) is 3.14. The van der Waals surface area contributed by atoms with Gasteiger partial charge < -0.3 is 5.32 Å². The predicted molar refractivity (Wildman–Crippen MR) is 105 cm³/mol. The molecule has 1 N–H and O–H groups in total. The molecule has 4 rings (SSSR count). The molecule has 6 heteroatoms. The lowest BCUT2D eigenvalue weighted by Gasteiger charge is -2.16. The SMILES string of the molecule is Cc1nn(C)c2nc(C3CC3)cc(C(=O)NC(C)c3cccc(Br)c3)c12. The lowest BCUT2D eigenvalue weighted by Crippen LogP contribution is -2.27. The van der Waals surface area contributed by atoms with Crippen LogP contribution in [0.5, 0.6) is 0 Å². The molecule has 5 nitrogen and oxygen atoms in total. The van der Waals surface area contributed by atoms with E-state index in [9.17, 15) is 4.79 Å². The van der Waals surface area contributed by atoms with Gasteiger partial charge in [0.15, 0.2) is 5.65 Å². The summed E-state index contributed by atoms with van der Waals surface area (Å²) in [5.74, 6) is 0.395. The second-order valence-electron chi connectivity index (χ2n) is 7.03. The molecule has 0 spiro atoms. The van der Waals surface area contributed by atoms with Gasteiger partial charge in [0.2, 0.25) is 0 Å². The van der Waals surface area contributed by atoms with Gasteiger partial charge in [-0.2, -0.15) is 5.10 Å². The zero-order valence-electron chi connectivity index (χ0n) is 15.1. The molecule has 1 aliphatic carbocycles. The molecule has 134 valence electrons. The van der Waals surface area contributed by atoms with Crippen LogP contribution in [0.4, 0.5) is 0 Å². The minimum Gasteiger partial charge on any atom is -0.345 e. The molecule has 3 aromatic rings. The van der Waals surface area contributed by atoms with Crippen LogP contribution in [0, 0.1) is 6.92 Å². The average molecular weight is 413 g/mol. The van der Waals surface area contributed by atoms with Gasteiger partial charge in [0, 0.05) is 23.1 Å². The summed E-state index contributed by atoms with van der Waals surface area (Å²) < 4.78 is 2.77. The molecule has 0 saturated heterocycles. The molecule has 0 radical (unpaired) electrons. The maximum absolute atomic E-state index is 13.1. The van der Waals surface area contributed by atoms with Gasteiger partial charge in [0.25, 0.3) is 5.91 Å². The van der Waals surface area contributed by atoms with Crippen LogP contribution in [0.1, 0.15) is 59.0 Å². The van der Waals surface area contributed by atoms with Crippen molar-refractivity contribution in [3.05, 3.63) is 57.3 Å². The highest BCUT2D eigenvalue weighted by atomic mass is 79.9. The first-order chi connectivity index (χ1) is 12.4. The van der Waals surface area contributed by atoms with Gasteiger partial charge in [-0.1, -0.05) is 28.1 Å². The fourth-order valence-electron chi connectivity index (χ4n) is 3.37. The van der Waals surface area contributed by atoms with Crippen molar-refractivity contribution in [2.75, 3.05) is 0 Å². The number of fused-ring (bicyclic) bond motifs is 1. The molecule has 0 bridgehead atoms. The van der Waals surface area contributed by atoms with Crippen LogP contribution in [-0.2, 0) is 7.05 Å². The van der Waals surface area contributed by atoms with E-state index in [1.54, 1.807) is 4.68 Å². The Kier molecular flexibility index (Phi) is 4.31. The van der Waals surface area contributed by atoms with Crippen LogP contribution in [0.25, 0.3) is 11.0 Å². The molecular weight excluding hydrogens is 392 g/mol. The summed E-state index contributed by atoms with van der Waals surface area (Å²) >= 11 is 3.49. The number of halogens is 1. The van der Waals surface area contributed by atoms with E-state index in [0.717, 1.165) is 45.3 Å². The van der Waals surface area contributed by atoms with Crippen molar-refractivity contribution in [2.45, 2.75) is 38.6 Å². The molecule has 1 unspecified atom stereocenters. The molecule has 26 heavy (non-hydrogen) atoms. The fraction of sp³-hybridized carbons (Fsp3) is 0.350. The Morgan fingerprint density at radius 3 is 2.81 bits per heavy atom. The van der Waals surface area contributed by atoms with E-state index in [1.807, 2.05) is 51.2 Å². The van der Waals surface area contributed by atoms with Gasteiger partial charge >= 0.3 is 0 Å². The predicted octanol–water partition coefficient (Wildman–Crippen LogP) is 4.41. The van der Waals surface area contributed by atoms with E-state index >= 15 is 0 Å². The smallest absolute Gasteiger partial charge is 0.252 e. The van der Waals surface area contributed by atoms with Crippen LogP contribution < -0.4 is 5.32 Å². The number of rotatable bonds is 4. The molecule has 1 fully saturated rings. The van der Waals surface area contributed by atoms with Crippen molar-refractivity contribution in [1.82, 2.24) is 20.1 Å². The number of amides is 1. The van der Waals surface area contributed by atoms with Gasteiger partial charge in [0.1, 0.15) is 0 Å². The molecule has 1 saturated carbocycles. The summed E-state index contributed by atoms with van der Waals surface area (Å²) in [6.07, 6.45) is 2.29. The lowest BCUT2D eigenvalue weighted by atomic mass is 10.0. The second-order valence-corrected chi connectivity index (χ2v) is 7.94. The highest BCUT2D eigenvalue weighted by Gasteiger charge is 2.28. The molecule has 2 heterocycles. The first-order valence-electron chi connectivity index (χ1n) is 8.84. The number of nitrogens with one attached hydrogen (secondary N) is 1. The van der Waals surface area contributed by atoms with Crippen molar-refractivity contribution < 1.29 is 4.79 Å². The third-order valence-corrected chi connectivity index (χ3v) is 5.42. The first-order valence-corrected chi connectivity index (χ1v) is 9.64. The Hall–Kier alpha value is -2.21. The maximum atomic E-state index is 13.1. The number of hydrogen-bond donors (Lipinski definition) is 1. The Labute approximate surface area is 160 Å². The molecule has 2 aromatic heterocycles. The van der Waals surface area contributed by atoms with E-state index in [1.165, 1.54) is 0 Å². The van der Waals surface area contributed by atoms with Gasteiger partial charge in [-0.05, 0) is 50.5 Å². The van der Waals surface area contributed by atoms with E-state index < -0.39 is 0 Å². The monoisotopic (exact) mass is 412 g/mol. The number of benzene rings is 1. The number of aryl methyl sites for hydroxylation is 2. The zero-order valence-corrected chi connectivity index (χ0v) is 16.7. The third-order valence-electron chi connectivity index (χ3n) is 4.93. The Morgan fingerprint density at radius 1 is 1.35 bits per heavy atom. The zero-order chi connectivity index (χ0) is 18.4. The van der Waals surface area contributed by atoms with Gasteiger partial charge in [-0.25, -0.2) is 4.98 Å². The quantitative estimate of drug-likeness (QED) is 0.690. The normalized spacial score (nSPS) is 15.2. The van der Waals surface area contributed by atoms with Crippen LogP contribution >= 0.6 is 15.9 Å². The van der Waals surface area contributed by atoms with E-state index in [0.29, 0.717) is 11.5 Å². The van der Waals surface area contributed by atoms with Gasteiger partial charge in [-0.15, -0.1) is 0 Å². The Balaban J connectivity index is 1.72. The van der Waals surface area contributed by atoms with E-state index in [4.69, 9.17) is 4.98 Å². The van der Waals surface area contributed by atoms with E-state index in [-0.39, 0.29) is 11.9 Å². The van der Waals surface area contributed by atoms with Crippen LogP contribution in [0.2, 0.25) is 0 Å². The minimum atomic E-state index is -0.0930. The van der Waals surface area contributed by atoms with Crippen molar-refractivity contribution in [2.24, 2.45) is 7.05 Å². The molecule has 0 aliphatic heterocycles. The van der Waals surface area contributed by atoms with Gasteiger partial charge in [-0.3, -0.25) is 9.48 Å². The lowest BCUT2D eigenvalue weighted by molar-refractivity contribution is 0.0941. The molecule has 1 aliphatic rings. The Morgan fingerprint density at radius 2 is 2.12 bits per heavy atom. The van der Waals surface area contributed by atoms with Crippen molar-refractivity contribution in [1.29, 1.82) is 0 Å². The summed E-state index contributed by atoms with van der Waals surface area (Å²) in [4.78, 5) is 17.9. The number of carbonyl (C=O) groups excluding carboxylic acids is 1. The maximum Gasteiger partial charge on any atom is 0.252 e. The van der Waals surface area contributed by atoms with Crippen molar-refractivity contribution >= 4 is 32.9 Å². The van der Waals surface area contributed by atoms with E-state index in [2.05, 4.69) is 26.3 Å². The summed E-state index contributed by atoms with van der Waals surface area (Å²) in [5.41, 5.74) is 4.35. The fourth-order valence-corrected chi connectivity index (χ4v) is 3.78. The number of pyridine rings is 1. The molecular formula is C20H21BrN4O. The second kappa shape index (κ2) is 6.50. The van der Waals surface area contributed by atoms with Crippen LogP contribution in [0.3, 0.4) is 0 Å². The largest absolute Gasteiger partial charge is 0.345 e. The minimum absolute atomic E-state index is 0.0807. The number of carbonyl (C=O) groups is 1. The number of hydrogen-bond acceptors (Lipinski definition) is 3. The molecule has 1 aromatic carbocycles. The Bertz CT molecular complexity index is 1010. The topological polar surface area (TPSA) is 59.8 Å². The first kappa shape index (κ1) is 17.2. The summed E-state index contributed by atoms with van der Waals surface area (Å²) in [6, 6.07) is 9.86. The van der Waals surface area contributed by atoms with Crippen molar-refractivity contribution in [3.63, 3.8) is 0 Å². The van der Waals surface area contributed by atoms with Crippen LogP contribution in [0.15, 0.2) is 34.8 Å². The standard InChI is InChI=1S/C20H21BrN4O/c1-11(14-5-4-6-15(21)9-14)22-20(26)16-10-17(13-7-8-13)23-19-18(16)12(2)24-25(19)3/h4-6,9-11,13H,7-8H2,1-3H3,(H,22,26). The number of aromatic nitrogens is 3. The molecule has 1 atom stereocenters. The highest BCUT2D eigenvalue weighted by Crippen LogP contribution is 2.40. The number of nitrogens with zero attached hydrogens (tertiary/aromatic N) is 3. The van der Waals surface area contributed by atoms with Gasteiger partial charge in [0.05, 0.1) is 22.7 Å². The van der Waals surface area contributed by atoms with Crippen molar-refractivity contribution in [3.8, 4) is 0 Å². The summed E-state index contributed by atoms with van der Waals surface area (Å²) in [5, 5.41) is 8.44. The summed E-state index contributed by atoms with van der Waals surface area (Å²) in [7, 11) is 1.88. The molecule has 1 amide bonds.